The maximum atomic E-state index is 11.3. The van der Waals surface area contributed by atoms with Crippen molar-refractivity contribution in [3.05, 3.63) is 12.2 Å². The molecule has 0 bridgehead atoms. The lowest BCUT2D eigenvalue weighted by atomic mass is 10.5. The number of ether oxygens (including phenoxy) is 2. The first-order chi connectivity index (χ1) is 9.99. The van der Waals surface area contributed by atoms with Crippen LogP contribution in [-0.2, 0) is 19.1 Å². The second kappa shape index (κ2) is 9.29. The third-order valence-electron chi connectivity index (χ3n) is 1.86. The predicted molar refractivity (Wildman–Crippen MR) is 93.3 cm³/mol. The van der Waals surface area contributed by atoms with Gasteiger partial charge in [-0.3, -0.25) is 0 Å². The Balaban J connectivity index is 4.08. The zero-order chi connectivity index (χ0) is 17.2. The largest absolute Gasteiger partial charge is 0.449 e. The molecule has 6 heteroatoms. The lowest BCUT2D eigenvalue weighted by Gasteiger charge is -2.03. The minimum atomic E-state index is -1.45. The average molecular weight is 337 g/mol. The SMILES string of the molecule is C[Si](C)(C)C#CCOC(=O)/C=C\C(=O)OCC#C[Si](C)(C)C. The van der Waals surface area contributed by atoms with Crippen molar-refractivity contribution in [2.45, 2.75) is 39.3 Å². The molecular formula is C16H24O4Si2. The molecule has 0 aliphatic carbocycles. The van der Waals surface area contributed by atoms with Crippen molar-refractivity contribution in [2.75, 3.05) is 13.2 Å². The molecule has 0 amide bonds. The van der Waals surface area contributed by atoms with Gasteiger partial charge in [0.2, 0.25) is 0 Å². The van der Waals surface area contributed by atoms with Crippen molar-refractivity contribution < 1.29 is 19.1 Å². The zero-order valence-corrected chi connectivity index (χ0v) is 16.2. The first kappa shape index (κ1) is 20.2. The van der Waals surface area contributed by atoms with Crippen molar-refractivity contribution in [2.24, 2.45) is 0 Å². The van der Waals surface area contributed by atoms with Crippen molar-refractivity contribution in [3.8, 4) is 22.9 Å². The number of hydrogen-bond donors (Lipinski definition) is 0. The van der Waals surface area contributed by atoms with E-state index >= 15 is 0 Å². The minimum Gasteiger partial charge on any atom is -0.449 e. The van der Waals surface area contributed by atoms with Crippen LogP contribution in [0.1, 0.15) is 0 Å². The van der Waals surface area contributed by atoms with E-state index in [1.165, 1.54) is 0 Å². The summed E-state index contributed by atoms with van der Waals surface area (Å²) in [4.78, 5) is 22.7. The predicted octanol–water partition coefficient (Wildman–Crippen LogP) is 2.39. The molecule has 0 heterocycles. The minimum absolute atomic E-state index is 0.0319. The van der Waals surface area contributed by atoms with Crippen molar-refractivity contribution in [1.29, 1.82) is 0 Å². The van der Waals surface area contributed by atoms with E-state index in [0.29, 0.717) is 0 Å². The Morgan fingerprint density at radius 3 is 1.36 bits per heavy atom. The summed E-state index contributed by atoms with van der Waals surface area (Å²) in [5.41, 5.74) is 6.15. The van der Waals surface area contributed by atoms with Gasteiger partial charge in [0.25, 0.3) is 0 Å². The van der Waals surface area contributed by atoms with E-state index in [9.17, 15) is 9.59 Å². The van der Waals surface area contributed by atoms with Crippen LogP contribution in [-0.4, -0.2) is 41.3 Å². The molecule has 4 nitrogen and oxygen atoms in total. The van der Waals surface area contributed by atoms with E-state index in [2.05, 4.69) is 62.2 Å². The Hall–Kier alpha value is -1.77. The Morgan fingerprint density at radius 2 is 1.09 bits per heavy atom. The molecule has 0 aromatic heterocycles. The van der Waals surface area contributed by atoms with Gasteiger partial charge in [0, 0.05) is 12.2 Å². The summed E-state index contributed by atoms with van der Waals surface area (Å²) >= 11 is 0. The van der Waals surface area contributed by atoms with Crippen molar-refractivity contribution in [1.82, 2.24) is 0 Å². The summed E-state index contributed by atoms with van der Waals surface area (Å²) < 4.78 is 9.70. The number of hydrogen-bond acceptors (Lipinski definition) is 4. The van der Waals surface area contributed by atoms with E-state index in [1.807, 2.05) is 0 Å². The molecule has 0 fully saturated rings. The van der Waals surface area contributed by atoms with Crippen LogP contribution in [0.3, 0.4) is 0 Å². The quantitative estimate of drug-likeness (QED) is 0.342. The van der Waals surface area contributed by atoms with Crippen molar-refractivity contribution in [3.63, 3.8) is 0 Å². The highest BCUT2D eigenvalue weighted by atomic mass is 28.3. The molecule has 120 valence electrons. The van der Waals surface area contributed by atoms with E-state index in [4.69, 9.17) is 9.47 Å². The molecule has 0 spiro atoms. The summed E-state index contributed by atoms with van der Waals surface area (Å²) in [6, 6.07) is 0. The van der Waals surface area contributed by atoms with Gasteiger partial charge in [-0.1, -0.05) is 51.1 Å². The summed E-state index contributed by atoms with van der Waals surface area (Å²) in [6.45, 7) is 12.7. The molecule has 22 heavy (non-hydrogen) atoms. The molecule has 0 rings (SSSR count). The molecule has 0 atom stereocenters. The third-order valence-corrected chi connectivity index (χ3v) is 3.71. The van der Waals surface area contributed by atoms with Crippen LogP contribution in [0.15, 0.2) is 12.2 Å². The fraction of sp³-hybridized carbons (Fsp3) is 0.500. The van der Waals surface area contributed by atoms with E-state index in [-0.39, 0.29) is 13.2 Å². The molecule has 0 aliphatic heterocycles. The average Bonchev–Trinajstić information content (AvgIpc) is 2.35. The standard InChI is InChI=1S/C16H24O4Si2/c1-21(2,3)13-7-11-19-15(17)9-10-16(18)20-12-8-14-22(4,5)6/h9-10H,11-12H2,1-6H3/b10-9-. The fourth-order valence-corrected chi connectivity index (χ4v) is 2.25. The molecule has 0 saturated carbocycles. The van der Waals surface area contributed by atoms with Crippen LogP contribution in [0, 0.1) is 22.9 Å². The van der Waals surface area contributed by atoms with Crippen LogP contribution < -0.4 is 0 Å². The third kappa shape index (κ3) is 14.6. The van der Waals surface area contributed by atoms with Crippen LogP contribution in [0.4, 0.5) is 0 Å². The molecule has 0 radical (unpaired) electrons. The van der Waals surface area contributed by atoms with Crippen LogP contribution in [0.25, 0.3) is 0 Å². The topological polar surface area (TPSA) is 52.6 Å². The number of rotatable bonds is 4. The normalized spacial score (nSPS) is 11.0. The zero-order valence-electron chi connectivity index (χ0n) is 14.2. The van der Waals surface area contributed by atoms with Gasteiger partial charge in [-0.05, 0) is 0 Å². The second-order valence-corrected chi connectivity index (χ2v) is 16.2. The van der Waals surface area contributed by atoms with Gasteiger partial charge >= 0.3 is 11.9 Å². The Kier molecular flexibility index (Phi) is 8.55. The van der Waals surface area contributed by atoms with E-state index < -0.39 is 28.1 Å². The van der Waals surface area contributed by atoms with Crippen LogP contribution >= 0.6 is 0 Å². The van der Waals surface area contributed by atoms with Gasteiger partial charge in [0.1, 0.15) is 16.1 Å². The lowest BCUT2D eigenvalue weighted by Crippen LogP contribution is -2.17. The monoisotopic (exact) mass is 336 g/mol. The number of esters is 2. The molecule has 0 aliphatic rings. The van der Waals surface area contributed by atoms with Crippen LogP contribution in [0.5, 0.6) is 0 Å². The molecule has 0 aromatic carbocycles. The fourth-order valence-electron chi connectivity index (χ4n) is 1.05. The van der Waals surface area contributed by atoms with Gasteiger partial charge < -0.3 is 9.47 Å². The first-order valence-electron chi connectivity index (χ1n) is 7.01. The number of carbonyl (C=O) groups is 2. The maximum absolute atomic E-state index is 11.3. The highest BCUT2D eigenvalue weighted by Gasteiger charge is 2.08. The molecule has 0 N–H and O–H groups in total. The van der Waals surface area contributed by atoms with Crippen molar-refractivity contribution >= 4 is 28.1 Å². The Labute approximate surface area is 135 Å². The maximum Gasteiger partial charge on any atom is 0.331 e. The summed E-state index contributed by atoms with van der Waals surface area (Å²) in [5, 5.41) is 0. The van der Waals surface area contributed by atoms with E-state index in [1.54, 1.807) is 0 Å². The smallest absolute Gasteiger partial charge is 0.331 e. The van der Waals surface area contributed by atoms with E-state index in [0.717, 1.165) is 12.2 Å². The first-order valence-corrected chi connectivity index (χ1v) is 14.0. The molecule has 0 saturated heterocycles. The summed E-state index contributed by atoms with van der Waals surface area (Å²) in [6.07, 6.45) is 2.06. The highest BCUT2D eigenvalue weighted by molar-refractivity contribution is 6.84. The second-order valence-electron chi connectivity index (χ2n) is 6.65. The van der Waals surface area contributed by atoms with Gasteiger partial charge in [0.15, 0.2) is 13.2 Å². The summed E-state index contributed by atoms with van der Waals surface area (Å²) in [7, 11) is -2.90. The Morgan fingerprint density at radius 1 is 0.773 bits per heavy atom. The van der Waals surface area contributed by atoms with Gasteiger partial charge in [-0.2, -0.15) is 0 Å². The Bertz CT molecular complexity index is 493. The molecule has 0 aromatic rings. The summed E-state index contributed by atoms with van der Waals surface area (Å²) in [5.74, 6) is 4.38. The molecule has 0 unspecified atom stereocenters. The van der Waals surface area contributed by atoms with Gasteiger partial charge in [0.05, 0.1) is 0 Å². The number of carbonyl (C=O) groups excluding carboxylic acids is 2. The molecular weight excluding hydrogens is 312 g/mol. The van der Waals surface area contributed by atoms with Gasteiger partial charge in [-0.15, -0.1) is 11.1 Å². The van der Waals surface area contributed by atoms with Gasteiger partial charge in [-0.25, -0.2) is 9.59 Å². The lowest BCUT2D eigenvalue weighted by molar-refractivity contribution is -0.139. The highest BCUT2D eigenvalue weighted by Crippen LogP contribution is 1.96. The van der Waals surface area contributed by atoms with Crippen LogP contribution in [0.2, 0.25) is 39.3 Å².